The number of rotatable bonds is 2. The summed E-state index contributed by atoms with van der Waals surface area (Å²) in [5.41, 5.74) is 2.14. The summed E-state index contributed by atoms with van der Waals surface area (Å²) in [5, 5.41) is 6.45. The minimum atomic E-state index is 0.783. The third-order valence-corrected chi connectivity index (χ3v) is 3.81. The van der Waals surface area contributed by atoms with E-state index in [1.54, 1.807) is 11.3 Å². The van der Waals surface area contributed by atoms with Gasteiger partial charge in [0.2, 0.25) is 0 Å². The van der Waals surface area contributed by atoms with Crippen molar-refractivity contribution < 1.29 is 0 Å². The van der Waals surface area contributed by atoms with Crippen molar-refractivity contribution in [2.45, 2.75) is 6.92 Å². The Labute approximate surface area is 110 Å². The van der Waals surface area contributed by atoms with Crippen LogP contribution in [0.25, 0.3) is 21.3 Å². The third kappa shape index (κ3) is 1.84. The summed E-state index contributed by atoms with van der Waals surface area (Å²) in [6, 6.07) is 10.4. The molecule has 0 amide bonds. The zero-order valence-electron chi connectivity index (χ0n) is 10.3. The van der Waals surface area contributed by atoms with Gasteiger partial charge < -0.3 is 5.32 Å². The molecule has 0 aliphatic carbocycles. The maximum atomic E-state index is 4.54. The molecule has 3 rings (SSSR count). The Morgan fingerprint density at radius 1 is 1.17 bits per heavy atom. The van der Waals surface area contributed by atoms with Crippen molar-refractivity contribution in [3.05, 3.63) is 41.5 Å². The molecule has 0 aliphatic rings. The molecule has 0 atom stereocenters. The van der Waals surface area contributed by atoms with Gasteiger partial charge >= 0.3 is 0 Å². The zero-order chi connectivity index (χ0) is 12.5. The molecule has 4 heteroatoms. The van der Waals surface area contributed by atoms with Crippen LogP contribution in [-0.2, 0) is 0 Å². The molecule has 18 heavy (non-hydrogen) atoms. The molecule has 0 saturated carbocycles. The Balaban J connectivity index is 2.25. The summed E-state index contributed by atoms with van der Waals surface area (Å²) in [7, 11) is 1.87. The molecule has 0 aliphatic heterocycles. The van der Waals surface area contributed by atoms with Crippen molar-refractivity contribution in [3.63, 3.8) is 0 Å². The first-order chi connectivity index (χ1) is 8.78. The van der Waals surface area contributed by atoms with Crippen molar-refractivity contribution >= 4 is 27.2 Å². The Morgan fingerprint density at radius 3 is 2.89 bits per heavy atom. The highest BCUT2D eigenvalue weighted by Gasteiger charge is 2.08. The first kappa shape index (κ1) is 11.2. The van der Waals surface area contributed by atoms with E-state index in [-0.39, 0.29) is 0 Å². The Hall–Kier alpha value is -1.94. The van der Waals surface area contributed by atoms with Crippen molar-refractivity contribution in [2.24, 2.45) is 0 Å². The van der Waals surface area contributed by atoms with E-state index in [1.165, 1.54) is 15.6 Å². The standard InChI is InChI=1S/C14H13N3S/c1-9-16-12(8-13(15-2)17-9)11-5-3-4-10-6-7-18-14(10)11/h3-8H,1-2H3,(H,15,16,17). The molecule has 0 unspecified atom stereocenters. The van der Waals surface area contributed by atoms with Crippen LogP contribution in [0.4, 0.5) is 5.82 Å². The molecule has 1 aromatic carbocycles. The average molecular weight is 255 g/mol. The van der Waals surface area contributed by atoms with Crippen LogP contribution in [0.1, 0.15) is 5.82 Å². The maximum Gasteiger partial charge on any atom is 0.130 e. The van der Waals surface area contributed by atoms with E-state index in [4.69, 9.17) is 0 Å². The highest BCUT2D eigenvalue weighted by Crippen LogP contribution is 2.32. The lowest BCUT2D eigenvalue weighted by Crippen LogP contribution is -1.98. The van der Waals surface area contributed by atoms with Crippen LogP contribution in [-0.4, -0.2) is 17.0 Å². The minimum Gasteiger partial charge on any atom is -0.373 e. The lowest BCUT2D eigenvalue weighted by molar-refractivity contribution is 1.06. The van der Waals surface area contributed by atoms with Gasteiger partial charge in [-0.15, -0.1) is 11.3 Å². The molecule has 1 N–H and O–H groups in total. The lowest BCUT2D eigenvalue weighted by atomic mass is 10.1. The molecular formula is C14H13N3S. The fraction of sp³-hybridized carbons (Fsp3) is 0.143. The monoisotopic (exact) mass is 255 g/mol. The number of hydrogen-bond acceptors (Lipinski definition) is 4. The second kappa shape index (κ2) is 4.38. The number of benzene rings is 1. The highest BCUT2D eigenvalue weighted by atomic mass is 32.1. The second-order valence-electron chi connectivity index (χ2n) is 4.08. The number of fused-ring (bicyclic) bond motifs is 1. The summed E-state index contributed by atoms with van der Waals surface area (Å²) in [6.07, 6.45) is 0. The smallest absolute Gasteiger partial charge is 0.130 e. The number of aromatic nitrogens is 2. The number of nitrogens with zero attached hydrogens (tertiary/aromatic N) is 2. The molecular weight excluding hydrogens is 242 g/mol. The van der Waals surface area contributed by atoms with Crippen molar-refractivity contribution in [3.8, 4) is 11.3 Å². The molecule has 0 radical (unpaired) electrons. The number of aryl methyl sites for hydroxylation is 1. The Kier molecular flexibility index (Phi) is 2.72. The summed E-state index contributed by atoms with van der Waals surface area (Å²) >= 11 is 1.75. The van der Waals surface area contributed by atoms with Gasteiger partial charge in [0.1, 0.15) is 11.6 Å². The maximum absolute atomic E-state index is 4.54. The van der Waals surface area contributed by atoms with E-state index in [9.17, 15) is 0 Å². The van der Waals surface area contributed by atoms with Gasteiger partial charge in [-0.05, 0) is 23.8 Å². The quantitative estimate of drug-likeness (QED) is 0.758. The zero-order valence-corrected chi connectivity index (χ0v) is 11.1. The van der Waals surface area contributed by atoms with Gasteiger partial charge in [-0.25, -0.2) is 9.97 Å². The fourth-order valence-corrected chi connectivity index (χ4v) is 2.95. The van der Waals surface area contributed by atoms with Gasteiger partial charge in [0.15, 0.2) is 0 Å². The lowest BCUT2D eigenvalue weighted by Gasteiger charge is -2.06. The largest absolute Gasteiger partial charge is 0.373 e. The van der Waals surface area contributed by atoms with Crippen molar-refractivity contribution in [1.82, 2.24) is 9.97 Å². The number of thiophene rings is 1. The molecule has 90 valence electrons. The van der Waals surface area contributed by atoms with Crippen LogP contribution in [0.5, 0.6) is 0 Å². The van der Waals surface area contributed by atoms with E-state index in [2.05, 4.69) is 44.9 Å². The van der Waals surface area contributed by atoms with Crippen LogP contribution in [0.2, 0.25) is 0 Å². The number of anilines is 1. The topological polar surface area (TPSA) is 37.8 Å². The molecule has 2 aromatic heterocycles. The Bertz CT molecular complexity index is 703. The molecule has 3 nitrogen and oxygen atoms in total. The summed E-state index contributed by atoms with van der Waals surface area (Å²) in [6.45, 7) is 1.92. The van der Waals surface area contributed by atoms with E-state index >= 15 is 0 Å². The van der Waals surface area contributed by atoms with Crippen molar-refractivity contribution in [2.75, 3.05) is 12.4 Å². The van der Waals surface area contributed by atoms with Crippen molar-refractivity contribution in [1.29, 1.82) is 0 Å². The van der Waals surface area contributed by atoms with Crippen LogP contribution in [0.3, 0.4) is 0 Å². The van der Waals surface area contributed by atoms with Gasteiger partial charge in [-0.3, -0.25) is 0 Å². The average Bonchev–Trinajstić information content (AvgIpc) is 2.85. The predicted octanol–water partition coefficient (Wildman–Crippen LogP) is 3.71. The molecule has 2 heterocycles. The third-order valence-electron chi connectivity index (χ3n) is 2.85. The molecule has 0 bridgehead atoms. The van der Waals surface area contributed by atoms with Gasteiger partial charge in [-0.2, -0.15) is 0 Å². The fourth-order valence-electron chi connectivity index (χ4n) is 2.03. The summed E-state index contributed by atoms with van der Waals surface area (Å²) in [5.74, 6) is 1.64. The van der Waals surface area contributed by atoms with Gasteiger partial charge in [-0.1, -0.05) is 18.2 Å². The van der Waals surface area contributed by atoms with Gasteiger partial charge in [0.25, 0.3) is 0 Å². The first-order valence-corrected chi connectivity index (χ1v) is 6.66. The summed E-state index contributed by atoms with van der Waals surface area (Å²) in [4.78, 5) is 8.86. The Morgan fingerprint density at radius 2 is 2.06 bits per heavy atom. The van der Waals surface area contributed by atoms with E-state index in [0.29, 0.717) is 0 Å². The SMILES string of the molecule is CNc1cc(-c2cccc3ccsc23)nc(C)n1. The molecule has 3 aromatic rings. The van der Waals surface area contributed by atoms with Crippen LogP contribution in [0, 0.1) is 6.92 Å². The number of hydrogen-bond donors (Lipinski definition) is 1. The normalized spacial score (nSPS) is 10.8. The van der Waals surface area contributed by atoms with Gasteiger partial charge in [0.05, 0.1) is 5.69 Å². The van der Waals surface area contributed by atoms with Gasteiger partial charge in [0, 0.05) is 23.4 Å². The van der Waals surface area contributed by atoms with E-state index < -0.39 is 0 Å². The van der Waals surface area contributed by atoms with Crippen LogP contribution < -0.4 is 5.32 Å². The number of nitrogens with one attached hydrogen (secondary N) is 1. The van der Waals surface area contributed by atoms with Crippen LogP contribution >= 0.6 is 11.3 Å². The molecule has 0 spiro atoms. The second-order valence-corrected chi connectivity index (χ2v) is 5.00. The van der Waals surface area contributed by atoms with E-state index in [1.807, 2.05) is 20.0 Å². The minimum absolute atomic E-state index is 0.783. The van der Waals surface area contributed by atoms with Crippen LogP contribution in [0.15, 0.2) is 35.7 Å². The highest BCUT2D eigenvalue weighted by molar-refractivity contribution is 7.17. The first-order valence-electron chi connectivity index (χ1n) is 5.78. The molecule has 0 fully saturated rings. The predicted molar refractivity (Wildman–Crippen MR) is 77.1 cm³/mol. The summed E-state index contributed by atoms with van der Waals surface area (Å²) < 4.78 is 1.28. The molecule has 0 saturated heterocycles. The van der Waals surface area contributed by atoms with E-state index in [0.717, 1.165) is 17.3 Å².